The Morgan fingerprint density at radius 2 is 1.96 bits per heavy atom. The zero-order valence-corrected chi connectivity index (χ0v) is 16.1. The Balaban J connectivity index is 1.52. The number of thiophene rings is 1. The lowest BCUT2D eigenvalue weighted by Gasteiger charge is -2.24. The number of benzene rings is 1. The zero-order valence-electron chi connectivity index (χ0n) is 15.3. The Morgan fingerprint density at radius 1 is 1.18 bits per heavy atom. The number of carbonyl (C=O) groups is 2. The molecular formula is C21H21N3O3S. The molecule has 7 heteroatoms. The summed E-state index contributed by atoms with van der Waals surface area (Å²) in [5.74, 6) is -1.09. The number of aromatic carboxylic acids is 1. The average molecular weight is 395 g/mol. The van der Waals surface area contributed by atoms with Gasteiger partial charge in [0.1, 0.15) is 4.88 Å². The predicted octanol–water partition coefficient (Wildman–Crippen LogP) is 2.52. The lowest BCUT2D eigenvalue weighted by molar-refractivity contribution is -0.131. The van der Waals surface area contributed by atoms with Crippen LogP contribution in [0, 0.1) is 0 Å². The molecule has 28 heavy (non-hydrogen) atoms. The molecule has 1 aromatic heterocycles. The smallest absolute Gasteiger partial charge is 0.345 e. The number of nitrogens with zero attached hydrogens (tertiary/aromatic N) is 2. The molecule has 1 amide bonds. The molecule has 0 saturated carbocycles. The third kappa shape index (κ3) is 3.39. The summed E-state index contributed by atoms with van der Waals surface area (Å²) in [4.78, 5) is 32.0. The van der Waals surface area contributed by atoms with Gasteiger partial charge < -0.3 is 15.7 Å². The molecule has 1 unspecified atom stereocenters. The van der Waals surface area contributed by atoms with Crippen molar-refractivity contribution in [1.82, 2.24) is 4.90 Å². The Bertz CT molecular complexity index is 978. The second-order valence-electron chi connectivity index (χ2n) is 6.95. The van der Waals surface area contributed by atoms with E-state index in [1.807, 2.05) is 35.2 Å². The van der Waals surface area contributed by atoms with Crippen molar-refractivity contribution in [2.75, 3.05) is 26.2 Å². The highest BCUT2D eigenvalue weighted by molar-refractivity contribution is 7.16. The summed E-state index contributed by atoms with van der Waals surface area (Å²) in [6, 6.07) is 13.2. The SMILES string of the molecule is NCCC(C(=O)N1CC2=C(C1)C(c1ccc(C(=O)O)s1)=NC2)c1ccccc1. The summed E-state index contributed by atoms with van der Waals surface area (Å²) >= 11 is 1.22. The first kappa shape index (κ1) is 18.6. The molecule has 4 rings (SSSR count). The van der Waals surface area contributed by atoms with E-state index < -0.39 is 5.97 Å². The van der Waals surface area contributed by atoms with Gasteiger partial charge >= 0.3 is 5.97 Å². The lowest BCUT2D eigenvalue weighted by atomic mass is 9.94. The number of carboxylic acid groups (broad SMARTS) is 1. The Hall–Kier alpha value is -2.77. The summed E-state index contributed by atoms with van der Waals surface area (Å²) in [6.07, 6.45) is 0.609. The molecule has 0 saturated heterocycles. The number of aliphatic imine (C=N–C) groups is 1. The van der Waals surface area contributed by atoms with Gasteiger partial charge in [0.25, 0.3) is 0 Å². The van der Waals surface area contributed by atoms with Gasteiger partial charge in [0, 0.05) is 18.7 Å². The Labute approximate surface area is 167 Å². The van der Waals surface area contributed by atoms with E-state index in [4.69, 9.17) is 10.8 Å². The van der Waals surface area contributed by atoms with E-state index in [-0.39, 0.29) is 11.8 Å². The number of hydrogen-bond acceptors (Lipinski definition) is 5. The van der Waals surface area contributed by atoms with E-state index >= 15 is 0 Å². The fraction of sp³-hybridized carbons (Fsp3) is 0.286. The highest BCUT2D eigenvalue weighted by Gasteiger charge is 2.35. The molecule has 0 radical (unpaired) electrons. The van der Waals surface area contributed by atoms with Gasteiger partial charge in [0.2, 0.25) is 5.91 Å². The summed E-state index contributed by atoms with van der Waals surface area (Å²) in [5.41, 5.74) is 9.80. The van der Waals surface area contributed by atoms with Crippen molar-refractivity contribution in [1.29, 1.82) is 0 Å². The molecule has 2 aromatic rings. The van der Waals surface area contributed by atoms with Gasteiger partial charge in [-0.05, 0) is 36.2 Å². The van der Waals surface area contributed by atoms with Crippen molar-refractivity contribution in [3.63, 3.8) is 0 Å². The minimum atomic E-state index is -0.931. The molecule has 0 fully saturated rings. The molecule has 3 heterocycles. The van der Waals surface area contributed by atoms with Crippen molar-refractivity contribution >= 4 is 28.9 Å². The van der Waals surface area contributed by atoms with Crippen LogP contribution < -0.4 is 5.73 Å². The summed E-state index contributed by atoms with van der Waals surface area (Å²) < 4.78 is 0. The van der Waals surface area contributed by atoms with Crippen LogP contribution in [0.4, 0.5) is 0 Å². The summed E-state index contributed by atoms with van der Waals surface area (Å²) in [5, 5.41) is 9.16. The third-order valence-electron chi connectivity index (χ3n) is 5.19. The molecule has 144 valence electrons. The van der Waals surface area contributed by atoms with Gasteiger partial charge in [-0.15, -0.1) is 11.3 Å². The van der Waals surface area contributed by atoms with Crippen LogP contribution in [0.5, 0.6) is 0 Å². The van der Waals surface area contributed by atoms with Crippen LogP contribution in [0.1, 0.15) is 32.5 Å². The van der Waals surface area contributed by atoms with Crippen molar-refractivity contribution in [2.24, 2.45) is 10.7 Å². The predicted molar refractivity (Wildman–Crippen MR) is 109 cm³/mol. The molecular weight excluding hydrogens is 374 g/mol. The maximum Gasteiger partial charge on any atom is 0.345 e. The summed E-state index contributed by atoms with van der Waals surface area (Å²) in [7, 11) is 0. The van der Waals surface area contributed by atoms with Crippen LogP contribution in [0.2, 0.25) is 0 Å². The molecule has 3 N–H and O–H groups in total. The normalized spacial score (nSPS) is 16.9. The Morgan fingerprint density at radius 3 is 2.64 bits per heavy atom. The van der Waals surface area contributed by atoms with Gasteiger partial charge in [0.05, 0.1) is 23.1 Å². The first-order valence-electron chi connectivity index (χ1n) is 9.21. The van der Waals surface area contributed by atoms with Crippen molar-refractivity contribution in [3.05, 3.63) is 68.9 Å². The minimum Gasteiger partial charge on any atom is -0.477 e. The van der Waals surface area contributed by atoms with E-state index in [0.717, 1.165) is 27.3 Å². The molecule has 0 aliphatic carbocycles. The van der Waals surface area contributed by atoms with E-state index in [0.29, 0.717) is 37.5 Å². The topological polar surface area (TPSA) is 96.0 Å². The highest BCUT2D eigenvalue weighted by atomic mass is 32.1. The van der Waals surface area contributed by atoms with Gasteiger partial charge in [-0.1, -0.05) is 30.3 Å². The fourth-order valence-corrected chi connectivity index (χ4v) is 4.69. The van der Waals surface area contributed by atoms with Gasteiger partial charge in [0.15, 0.2) is 0 Å². The van der Waals surface area contributed by atoms with Gasteiger partial charge in [-0.3, -0.25) is 9.79 Å². The van der Waals surface area contributed by atoms with Crippen molar-refractivity contribution in [3.8, 4) is 0 Å². The average Bonchev–Trinajstić information content (AvgIpc) is 3.41. The molecule has 2 aliphatic heterocycles. The second kappa shape index (κ2) is 7.69. The van der Waals surface area contributed by atoms with Crippen LogP contribution in [-0.2, 0) is 4.79 Å². The summed E-state index contributed by atoms with van der Waals surface area (Å²) in [6.45, 7) is 2.11. The maximum absolute atomic E-state index is 13.2. The standard InChI is InChI=1S/C21H21N3O3S/c22-9-8-15(13-4-2-1-3-5-13)20(25)24-11-14-10-23-19(16(14)12-24)17-6-7-18(28-17)21(26)27/h1-7,15H,8-12,22H2,(H,26,27). The van der Waals surface area contributed by atoms with Crippen molar-refractivity contribution < 1.29 is 14.7 Å². The number of hydrogen-bond donors (Lipinski definition) is 2. The van der Waals surface area contributed by atoms with Crippen LogP contribution in [-0.4, -0.2) is 53.8 Å². The van der Waals surface area contributed by atoms with Gasteiger partial charge in [-0.25, -0.2) is 4.79 Å². The quantitative estimate of drug-likeness (QED) is 0.786. The van der Waals surface area contributed by atoms with Crippen LogP contribution >= 0.6 is 11.3 Å². The van der Waals surface area contributed by atoms with E-state index in [2.05, 4.69) is 4.99 Å². The molecule has 1 aromatic carbocycles. The van der Waals surface area contributed by atoms with Crippen LogP contribution in [0.3, 0.4) is 0 Å². The van der Waals surface area contributed by atoms with E-state index in [1.54, 1.807) is 12.1 Å². The lowest BCUT2D eigenvalue weighted by Crippen LogP contribution is -2.35. The van der Waals surface area contributed by atoms with E-state index in [9.17, 15) is 9.59 Å². The number of rotatable bonds is 6. The van der Waals surface area contributed by atoms with E-state index in [1.165, 1.54) is 11.3 Å². The minimum absolute atomic E-state index is 0.0859. The van der Waals surface area contributed by atoms with Gasteiger partial charge in [-0.2, -0.15) is 0 Å². The molecule has 0 bridgehead atoms. The molecule has 0 spiro atoms. The monoisotopic (exact) mass is 395 g/mol. The number of carbonyl (C=O) groups excluding carboxylic acids is 1. The third-order valence-corrected chi connectivity index (χ3v) is 6.27. The molecule has 1 atom stereocenters. The molecule has 6 nitrogen and oxygen atoms in total. The molecule has 2 aliphatic rings. The van der Waals surface area contributed by atoms with Crippen LogP contribution in [0.25, 0.3) is 0 Å². The number of carboxylic acids is 1. The first-order valence-corrected chi connectivity index (χ1v) is 10.0. The Kier molecular flexibility index (Phi) is 5.11. The number of amides is 1. The second-order valence-corrected chi connectivity index (χ2v) is 8.03. The first-order chi connectivity index (χ1) is 13.6. The fourth-order valence-electron chi connectivity index (χ4n) is 3.81. The van der Waals surface area contributed by atoms with Crippen LogP contribution in [0.15, 0.2) is 58.6 Å². The number of nitrogens with two attached hydrogens (primary N) is 1. The zero-order chi connectivity index (χ0) is 19.7. The van der Waals surface area contributed by atoms with Crippen molar-refractivity contribution in [2.45, 2.75) is 12.3 Å². The maximum atomic E-state index is 13.2. The highest BCUT2D eigenvalue weighted by Crippen LogP contribution is 2.32. The largest absolute Gasteiger partial charge is 0.477 e.